The molecule has 1 unspecified atom stereocenters. The highest BCUT2D eigenvalue weighted by molar-refractivity contribution is 5.65. The second-order valence-electron chi connectivity index (χ2n) is 10.3. The zero-order chi connectivity index (χ0) is 20.3. The molecule has 8 rings (SSSR count). The molecule has 6 atom stereocenters. The largest absolute Gasteiger partial charge is 0.493 e. The lowest BCUT2D eigenvalue weighted by molar-refractivity contribution is -0.205. The molecule has 2 spiro atoms. The van der Waals surface area contributed by atoms with Gasteiger partial charge in [0.2, 0.25) is 0 Å². The number of likely N-dealkylation sites (tertiary alicyclic amines) is 1. The summed E-state index contributed by atoms with van der Waals surface area (Å²) in [6.07, 6.45) is 10.2. The zero-order valence-corrected chi connectivity index (χ0v) is 17.7. The Bertz CT molecular complexity index is 1030. The van der Waals surface area contributed by atoms with E-state index in [1.807, 2.05) is 0 Å². The minimum absolute atomic E-state index is 0.0733. The second kappa shape index (κ2) is 5.41. The van der Waals surface area contributed by atoms with E-state index in [0.29, 0.717) is 6.04 Å². The first-order valence-electron chi connectivity index (χ1n) is 11.4. The van der Waals surface area contributed by atoms with Crippen LogP contribution in [0.25, 0.3) is 0 Å². The van der Waals surface area contributed by atoms with Gasteiger partial charge in [-0.1, -0.05) is 18.2 Å². The van der Waals surface area contributed by atoms with Crippen LogP contribution in [0.3, 0.4) is 0 Å². The predicted octanol–water partition coefficient (Wildman–Crippen LogP) is 3.22. The summed E-state index contributed by atoms with van der Waals surface area (Å²) < 4.78 is 18.7. The summed E-state index contributed by atoms with van der Waals surface area (Å²) in [5, 5.41) is 10.2. The number of fused-ring (bicyclic) bond motifs is 1. The first kappa shape index (κ1) is 17.6. The van der Waals surface area contributed by atoms with E-state index in [9.17, 15) is 5.26 Å². The van der Waals surface area contributed by atoms with Crippen LogP contribution in [0.1, 0.15) is 36.8 Å². The third-order valence-electron chi connectivity index (χ3n) is 9.47. The van der Waals surface area contributed by atoms with Crippen molar-refractivity contribution in [3.63, 3.8) is 0 Å². The van der Waals surface area contributed by atoms with Gasteiger partial charge in [-0.3, -0.25) is 4.90 Å². The van der Waals surface area contributed by atoms with Crippen LogP contribution in [-0.2, 0) is 16.6 Å². The minimum atomic E-state index is -0.696. The molecule has 1 aromatic rings. The van der Waals surface area contributed by atoms with Crippen molar-refractivity contribution >= 4 is 0 Å². The van der Waals surface area contributed by atoms with E-state index in [1.54, 1.807) is 14.2 Å². The lowest BCUT2D eigenvalue weighted by Gasteiger charge is -2.70. The highest BCUT2D eigenvalue weighted by atomic mass is 16.6. The lowest BCUT2D eigenvalue weighted by atomic mass is 9.37. The van der Waals surface area contributed by atoms with Gasteiger partial charge in [-0.05, 0) is 56.2 Å². The topological polar surface area (TPSA) is 54.7 Å². The van der Waals surface area contributed by atoms with Gasteiger partial charge in [0, 0.05) is 30.7 Å². The number of benzene rings is 1. The van der Waals surface area contributed by atoms with Crippen LogP contribution in [0.15, 0.2) is 24.3 Å². The molecule has 5 aliphatic carbocycles. The van der Waals surface area contributed by atoms with Crippen LogP contribution in [0.4, 0.5) is 0 Å². The molecule has 2 heterocycles. The Morgan fingerprint density at radius 2 is 2.13 bits per heavy atom. The molecule has 0 radical (unpaired) electrons. The van der Waals surface area contributed by atoms with E-state index in [1.165, 1.54) is 30.5 Å². The number of nitrogens with zero attached hydrogens (tertiary/aromatic N) is 2. The first-order chi connectivity index (χ1) is 14.6. The molecular weight excluding hydrogens is 376 g/mol. The summed E-state index contributed by atoms with van der Waals surface area (Å²) in [5.41, 5.74) is 1.86. The molecule has 1 aromatic carbocycles. The number of ether oxygens (including phenoxy) is 3. The average Bonchev–Trinajstić information content (AvgIpc) is 3.52. The number of hydrogen-bond donors (Lipinski definition) is 0. The molecule has 0 amide bonds. The van der Waals surface area contributed by atoms with Gasteiger partial charge in [0.15, 0.2) is 11.5 Å². The maximum atomic E-state index is 10.2. The maximum Gasteiger partial charge on any atom is 0.166 e. The Hall–Kier alpha value is -2.03. The van der Waals surface area contributed by atoms with Crippen LogP contribution < -0.4 is 9.47 Å². The summed E-state index contributed by atoms with van der Waals surface area (Å²) in [6.45, 7) is 2.30. The summed E-state index contributed by atoms with van der Waals surface area (Å²) >= 11 is 0. The highest BCUT2D eigenvalue weighted by Gasteiger charge is 2.79. The molecule has 0 N–H and O–H groups in total. The fraction of sp³-hybridized carbons (Fsp3) is 0.640. The molecule has 3 fully saturated rings. The third-order valence-corrected chi connectivity index (χ3v) is 9.47. The van der Waals surface area contributed by atoms with Crippen LogP contribution in [0.5, 0.6) is 11.5 Å². The molecule has 2 saturated carbocycles. The van der Waals surface area contributed by atoms with E-state index in [-0.39, 0.29) is 22.9 Å². The third kappa shape index (κ3) is 1.69. The van der Waals surface area contributed by atoms with Crippen molar-refractivity contribution in [3.8, 4) is 17.6 Å². The van der Waals surface area contributed by atoms with Gasteiger partial charge in [-0.2, -0.15) is 5.26 Å². The Labute approximate surface area is 177 Å². The number of methoxy groups -OCH3 is 2. The molecular formula is C25H28N2O3. The highest BCUT2D eigenvalue weighted by Crippen LogP contribution is 2.74. The van der Waals surface area contributed by atoms with Crippen molar-refractivity contribution in [3.05, 3.63) is 35.4 Å². The van der Waals surface area contributed by atoms with Gasteiger partial charge in [0.05, 0.1) is 24.5 Å². The van der Waals surface area contributed by atoms with Crippen molar-refractivity contribution < 1.29 is 14.2 Å². The average molecular weight is 405 g/mol. The van der Waals surface area contributed by atoms with Crippen LogP contribution in [-0.4, -0.2) is 50.0 Å². The standard InChI is InChI=1S/C25H28N2O3/c1-28-18-6-5-16-11-19-23-7-8-25(29-2,17(12-23)13-26)22-24(23,20(16)21(18)30-22)9-10-27(19)14-15-3-4-15/h5-8,15,17,19,22H,3-4,9-12,14H2,1-2H3/t17?,19-,22-,23-,24+,25-/m1/s1. The van der Waals surface area contributed by atoms with Crippen molar-refractivity contribution in [2.75, 3.05) is 27.3 Å². The van der Waals surface area contributed by atoms with Crippen molar-refractivity contribution in [1.82, 2.24) is 4.90 Å². The number of nitriles is 1. The Balaban J connectivity index is 1.51. The molecule has 5 nitrogen and oxygen atoms in total. The van der Waals surface area contributed by atoms with Crippen molar-refractivity contribution in [2.24, 2.45) is 17.3 Å². The van der Waals surface area contributed by atoms with Crippen LogP contribution in [0, 0.1) is 28.6 Å². The molecule has 7 aliphatic rings. The minimum Gasteiger partial charge on any atom is -0.493 e. The molecule has 0 aromatic heterocycles. The smallest absolute Gasteiger partial charge is 0.166 e. The quantitative estimate of drug-likeness (QED) is 0.722. The Morgan fingerprint density at radius 3 is 2.87 bits per heavy atom. The number of rotatable bonds is 4. The molecule has 4 bridgehead atoms. The van der Waals surface area contributed by atoms with Gasteiger partial charge >= 0.3 is 0 Å². The SMILES string of the molecule is COc1ccc2c3c1O[C@@H]1[C@]34CCN(CC3CC3)[C@H](C2)[C@]42C=C[C@@]1(OC)C(C#N)C2. The van der Waals surface area contributed by atoms with Crippen molar-refractivity contribution in [2.45, 2.75) is 55.3 Å². The molecule has 5 heteroatoms. The zero-order valence-electron chi connectivity index (χ0n) is 17.7. The fourth-order valence-corrected chi connectivity index (χ4v) is 8.08. The second-order valence-corrected chi connectivity index (χ2v) is 10.3. The molecule has 30 heavy (non-hydrogen) atoms. The van der Waals surface area contributed by atoms with E-state index >= 15 is 0 Å². The van der Waals surface area contributed by atoms with E-state index in [4.69, 9.17) is 14.2 Å². The summed E-state index contributed by atoms with van der Waals surface area (Å²) in [6, 6.07) is 7.38. The van der Waals surface area contributed by atoms with E-state index in [2.05, 4.69) is 35.3 Å². The van der Waals surface area contributed by atoms with Crippen molar-refractivity contribution in [1.29, 1.82) is 5.26 Å². The summed E-state index contributed by atoms with van der Waals surface area (Å²) in [7, 11) is 3.47. The molecule has 1 saturated heterocycles. The Kier molecular flexibility index (Phi) is 3.18. The molecule has 2 aliphatic heterocycles. The van der Waals surface area contributed by atoms with Gasteiger partial charge in [-0.15, -0.1) is 0 Å². The van der Waals surface area contributed by atoms with E-state index in [0.717, 1.165) is 43.2 Å². The van der Waals surface area contributed by atoms with Gasteiger partial charge in [0.1, 0.15) is 11.7 Å². The Morgan fingerprint density at radius 1 is 1.27 bits per heavy atom. The van der Waals surface area contributed by atoms with E-state index < -0.39 is 5.60 Å². The van der Waals surface area contributed by atoms with Gasteiger partial charge in [0.25, 0.3) is 0 Å². The maximum absolute atomic E-state index is 10.2. The van der Waals surface area contributed by atoms with Gasteiger partial charge in [-0.25, -0.2) is 0 Å². The monoisotopic (exact) mass is 404 g/mol. The summed E-state index contributed by atoms with van der Waals surface area (Å²) in [4.78, 5) is 2.76. The number of piperidine rings is 1. The normalized spacial score (nSPS) is 44.4. The van der Waals surface area contributed by atoms with Gasteiger partial charge < -0.3 is 14.2 Å². The van der Waals surface area contributed by atoms with Crippen LogP contribution in [0.2, 0.25) is 0 Å². The fourth-order valence-electron chi connectivity index (χ4n) is 8.08. The lowest BCUT2D eigenvalue weighted by Crippen LogP contribution is -2.79. The summed E-state index contributed by atoms with van der Waals surface area (Å²) in [5.74, 6) is 2.38. The first-order valence-corrected chi connectivity index (χ1v) is 11.4. The number of hydrogen-bond acceptors (Lipinski definition) is 5. The molecule has 156 valence electrons. The van der Waals surface area contributed by atoms with Crippen LogP contribution >= 0.6 is 0 Å². The predicted molar refractivity (Wildman–Crippen MR) is 111 cm³/mol.